The van der Waals surface area contributed by atoms with Crippen molar-refractivity contribution in [3.05, 3.63) is 58.3 Å². The third kappa shape index (κ3) is 12.6. The van der Waals surface area contributed by atoms with Gasteiger partial charge < -0.3 is 29.8 Å². The van der Waals surface area contributed by atoms with Crippen LogP contribution in [-0.2, 0) is 19.2 Å². The molecule has 2 heterocycles. The minimum atomic E-state index is -0.493. The third-order valence-corrected chi connectivity index (χ3v) is 12.6. The number of piperazine rings is 2. The smallest absolute Gasteiger partial charge is 0.226 e. The highest BCUT2D eigenvalue weighted by atomic mass is 35.5. The fraction of sp³-hybridized carbons (Fsp3) is 0.619. The lowest BCUT2D eigenvalue weighted by molar-refractivity contribution is -0.139. The molecule has 13 heteroatoms. The van der Waals surface area contributed by atoms with Crippen LogP contribution >= 0.6 is 23.2 Å². The molecule has 2 aliphatic carbocycles. The molecule has 2 aromatic rings. The van der Waals surface area contributed by atoms with Crippen LogP contribution in [0.4, 0.5) is 15.8 Å². The van der Waals surface area contributed by atoms with E-state index in [2.05, 4.69) is 9.80 Å². The van der Waals surface area contributed by atoms with Gasteiger partial charge in [0.1, 0.15) is 19.0 Å². The summed E-state index contributed by atoms with van der Waals surface area (Å²) in [6.45, 7) is 4.29. The lowest BCUT2D eigenvalue weighted by Crippen LogP contribution is -2.50. The van der Waals surface area contributed by atoms with E-state index >= 15 is 0 Å². The number of hydrogen-bond donors (Lipinski definition) is 2. The molecule has 55 heavy (non-hydrogen) atoms. The van der Waals surface area contributed by atoms with Gasteiger partial charge in [0, 0.05) is 88.4 Å². The molecule has 302 valence electrons. The van der Waals surface area contributed by atoms with Gasteiger partial charge in [0.15, 0.2) is 11.6 Å². The molecule has 4 fully saturated rings. The molecular weight excluding hydrogens is 746 g/mol. The van der Waals surface area contributed by atoms with Crippen molar-refractivity contribution < 1.29 is 33.8 Å². The largest absolute Gasteiger partial charge is 0.389 e. The second kappa shape index (κ2) is 21.3. The summed E-state index contributed by atoms with van der Waals surface area (Å²) in [5.74, 6) is -0.226. The van der Waals surface area contributed by atoms with Crippen molar-refractivity contribution in [2.45, 2.75) is 77.0 Å². The van der Waals surface area contributed by atoms with Crippen LogP contribution < -0.4 is 9.80 Å². The first kappa shape index (κ1) is 42.9. The third-order valence-electron chi connectivity index (χ3n) is 11.8. The summed E-state index contributed by atoms with van der Waals surface area (Å²) in [6, 6.07) is 12.0. The molecule has 2 aromatic carbocycles. The summed E-state index contributed by atoms with van der Waals surface area (Å²) in [4.78, 5) is 57.8. The molecule has 2 saturated carbocycles. The van der Waals surface area contributed by atoms with E-state index in [1.807, 2.05) is 21.9 Å². The zero-order valence-corrected chi connectivity index (χ0v) is 33.4. The van der Waals surface area contributed by atoms with Crippen molar-refractivity contribution in [1.82, 2.24) is 9.80 Å². The maximum absolute atomic E-state index is 13.1. The van der Waals surface area contributed by atoms with Crippen molar-refractivity contribution >= 4 is 58.0 Å². The Kier molecular flexibility index (Phi) is 16.6. The summed E-state index contributed by atoms with van der Waals surface area (Å²) >= 11 is 12.1. The van der Waals surface area contributed by atoms with Gasteiger partial charge in [-0.2, -0.15) is 0 Å². The lowest BCUT2D eigenvalue weighted by Gasteiger charge is -2.38. The first-order valence-corrected chi connectivity index (χ1v) is 20.8. The maximum atomic E-state index is 13.1. The Hall–Kier alpha value is -3.25. The molecule has 0 unspecified atom stereocenters. The zero-order valence-electron chi connectivity index (χ0n) is 31.9. The fourth-order valence-corrected chi connectivity index (χ4v) is 9.03. The highest BCUT2D eigenvalue weighted by molar-refractivity contribution is 6.42. The molecule has 2 amide bonds. The summed E-state index contributed by atoms with van der Waals surface area (Å²) in [5.41, 5.74) is 1.96. The Morgan fingerprint density at radius 1 is 0.600 bits per heavy atom. The molecular formula is C42H57Cl2FN4O6. The first-order chi connectivity index (χ1) is 26.5. The van der Waals surface area contributed by atoms with Crippen LogP contribution in [0.1, 0.15) is 77.0 Å². The van der Waals surface area contributed by atoms with Gasteiger partial charge in [-0.05, 0) is 67.1 Å². The van der Waals surface area contributed by atoms with Gasteiger partial charge in [0.25, 0.3) is 0 Å². The van der Waals surface area contributed by atoms with Gasteiger partial charge in [-0.25, -0.2) is 4.39 Å². The van der Waals surface area contributed by atoms with E-state index < -0.39 is 13.2 Å². The number of anilines is 2. The van der Waals surface area contributed by atoms with Crippen LogP contribution in [0.25, 0.3) is 0 Å². The second-order valence-corrected chi connectivity index (χ2v) is 16.5. The van der Waals surface area contributed by atoms with Gasteiger partial charge in [-0.3, -0.25) is 19.2 Å². The lowest BCUT2D eigenvalue weighted by atomic mass is 9.88. The van der Waals surface area contributed by atoms with Crippen molar-refractivity contribution in [2.75, 3.05) is 75.4 Å². The standard InChI is InChI=1S/C21H28Cl2N2O3.C21H29FN2O3/c22-19-6-5-17(13-20(19)23)24-7-9-25(10-8-24)21(28)16(12-18(27)14-26)11-15-3-1-2-4-15;22-18-5-7-19(8-6-18)23-9-11-24(12-10-23)21(27)17(14-20(26)15-25)13-16-3-1-2-4-16/h5-6,13,15-16,26H,1-4,7-12,14H2;5-8,16-17,25H,1-4,9-15H2/t16-;17-/m11/s1. The molecule has 6 rings (SSSR count). The van der Waals surface area contributed by atoms with Gasteiger partial charge in [0.2, 0.25) is 11.8 Å². The van der Waals surface area contributed by atoms with Gasteiger partial charge in [0.05, 0.1) is 10.0 Å². The van der Waals surface area contributed by atoms with Crippen molar-refractivity contribution in [1.29, 1.82) is 0 Å². The Balaban J connectivity index is 0.000000211. The molecule has 0 aromatic heterocycles. The molecule has 2 saturated heterocycles. The molecule has 10 nitrogen and oxygen atoms in total. The van der Waals surface area contributed by atoms with E-state index in [1.54, 1.807) is 18.2 Å². The van der Waals surface area contributed by atoms with Crippen LogP contribution in [-0.4, -0.2) is 109 Å². The number of nitrogens with zero attached hydrogens (tertiary/aromatic N) is 4. The van der Waals surface area contributed by atoms with Crippen LogP contribution in [0.5, 0.6) is 0 Å². The molecule has 0 radical (unpaired) electrons. The van der Waals surface area contributed by atoms with Crippen molar-refractivity contribution in [3.63, 3.8) is 0 Å². The highest BCUT2D eigenvalue weighted by Crippen LogP contribution is 2.34. The van der Waals surface area contributed by atoms with E-state index in [9.17, 15) is 23.6 Å². The number of carbonyl (C=O) groups excluding carboxylic acids is 4. The number of halogens is 3. The molecule has 0 spiro atoms. The van der Waals surface area contributed by atoms with Crippen LogP contribution in [0.2, 0.25) is 10.0 Å². The minimum absolute atomic E-state index is 0.0439. The second-order valence-electron chi connectivity index (χ2n) is 15.7. The Morgan fingerprint density at radius 3 is 1.40 bits per heavy atom. The van der Waals surface area contributed by atoms with Crippen molar-refractivity contribution in [2.24, 2.45) is 23.7 Å². The average Bonchev–Trinajstić information content (AvgIpc) is 3.93. The summed E-state index contributed by atoms with van der Waals surface area (Å²) < 4.78 is 13.1. The van der Waals surface area contributed by atoms with Gasteiger partial charge in [-0.15, -0.1) is 0 Å². The topological polar surface area (TPSA) is 122 Å². The number of aliphatic hydroxyl groups is 2. The molecule has 4 aliphatic rings. The maximum Gasteiger partial charge on any atom is 0.226 e. The quantitative estimate of drug-likeness (QED) is 0.225. The summed E-state index contributed by atoms with van der Waals surface area (Å²) in [6.07, 6.45) is 11.2. The number of rotatable bonds is 14. The van der Waals surface area contributed by atoms with Crippen LogP contribution in [0, 0.1) is 29.5 Å². The average molecular weight is 804 g/mol. The molecule has 2 atom stereocenters. The number of ketones is 2. The molecule has 2 aliphatic heterocycles. The molecule has 2 N–H and O–H groups in total. The number of hydrogen-bond acceptors (Lipinski definition) is 8. The van der Waals surface area contributed by atoms with E-state index in [1.165, 1.54) is 37.8 Å². The van der Waals surface area contributed by atoms with Gasteiger partial charge >= 0.3 is 0 Å². The Labute approximate surface area is 334 Å². The predicted molar refractivity (Wildman–Crippen MR) is 214 cm³/mol. The number of aliphatic hydroxyl groups excluding tert-OH is 2. The van der Waals surface area contributed by atoms with Gasteiger partial charge in [-0.1, -0.05) is 74.6 Å². The Bertz CT molecular complexity index is 1570. The SMILES string of the molecule is O=C(CO)C[C@@H](CC1CCCC1)C(=O)N1CCN(c2ccc(Cl)c(Cl)c2)CC1.O=C(CO)C[C@@H](CC1CCCC1)C(=O)N1CCN(c2ccc(F)cc2)CC1. The summed E-state index contributed by atoms with van der Waals surface area (Å²) in [5, 5.41) is 19.3. The summed E-state index contributed by atoms with van der Waals surface area (Å²) in [7, 11) is 0. The van der Waals surface area contributed by atoms with Crippen molar-refractivity contribution in [3.8, 4) is 0 Å². The highest BCUT2D eigenvalue weighted by Gasteiger charge is 2.33. The Morgan fingerprint density at radius 2 is 1.00 bits per heavy atom. The first-order valence-electron chi connectivity index (χ1n) is 20.1. The van der Waals surface area contributed by atoms with E-state index in [-0.39, 0.29) is 53.9 Å². The van der Waals surface area contributed by atoms with Crippen LogP contribution in [0.3, 0.4) is 0 Å². The monoisotopic (exact) mass is 802 g/mol. The van der Waals surface area contributed by atoms with E-state index in [0.29, 0.717) is 74.2 Å². The van der Waals surface area contributed by atoms with E-state index in [4.69, 9.17) is 33.4 Å². The fourth-order valence-electron chi connectivity index (χ4n) is 8.74. The van der Waals surface area contributed by atoms with Crippen LogP contribution in [0.15, 0.2) is 42.5 Å². The number of Topliss-reactive ketones (excluding diaryl/α,β-unsaturated/α-hetero) is 2. The van der Waals surface area contributed by atoms with E-state index in [0.717, 1.165) is 49.9 Å². The number of amides is 2. The predicted octanol–water partition coefficient (Wildman–Crippen LogP) is 6.41. The normalized spacial score (nSPS) is 19.2. The minimum Gasteiger partial charge on any atom is -0.389 e. The zero-order chi connectivity index (χ0) is 39.3. The number of carbonyl (C=O) groups is 4. The molecule has 0 bridgehead atoms. The number of benzene rings is 2.